The summed E-state index contributed by atoms with van der Waals surface area (Å²) in [6.45, 7) is 2.32. The summed E-state index contributed by atoms with van der Waals surface area (Å²) in [4.78, 5) is 0. The molecule has 1 nitrogen and oxygen atoms in total. The van der Waals surface area contributed by atoms with Gasteiger partial charge in [0.1, 0.15) is 0 Å². The maximum atomic E-state index is 6.59. The van der Waals surface area contributed by atoms with Gasteiger partial charge in [-0.2, -0.15) is 0 Å². The number of rotatable bonds is 3. The van der Waals surface area contributed by atoms with E-state index in [9.17, 15) is 0 Å². The van der Waals surface area contributed by atoms with Gasteiger partial charge in [-0.25, -0.2) is 0 Å². The zero-order chi connectivity index (χ0) is 13.2. The third kappa shape index (κ3) is 2.56. The van der Waals surface area contributed by atoms with Crippen molar-refractivity contribution in [1.82, 2.24) is 0 Å². The molecule has 1 heterocycles. The predicted molar refractivity (Wildman–Crippen MR) is 84.5 cm³/mol. The first-order valence-corrected chi connectivity index (χ1v) is 8.39. The first kappa shape index (κ1) is 13.1. The summed E-state index contributed by atoms with van der Waals surface area (Å²) in [7, 11) is 0. The summed E-state index contributed by atoms with van der Waals surface area (Å²) in [6, 6.07) is 9.00. The first-order chi connectivity index (χ1) is 9.29. The summed E-state index contributed by atoms with van der Waals surface area (Å²) in [5.74, 6) is 1.62. The van der Waals surface area contributed by atoms with Gasteiger partial charge in [0.05, 0.1) is 0 Å². The smallest absolute Gasteiger partial charge is 0.0390 e. The Morgan fingerprint density at radius 3 is 2.74 bits per heavy atom. The second-order valence-corrected chi connectivity index (χ2v) is 6.82. The highest BCUT2D eigenvalue weighted by Crippen LogP contribution is 2.39. The molecule has 0 spiro atoms. The summed E-state index contributed by atoms with van der Waals surface area (Å²) < 4.78 is 1.40. The lowest BCUT2D eigenvalue weighted by Crippen LogP contribution is -2.26. The molecule has 0 saturated heterocycles. The van der Waals surface area contributed by atoms with Crippen LogP contribution in [0.15, 0.2) is 29.6 Å². The Morgan fingerprint density at radius 2 is 2.00 bits per heavy atom. The average Bonchev–Trinajstić information content (AvgIpc) is 2.95. The van der Waals surface area contributed by atoms with Gasteiger partial charge >= 0.3 is 0 Å². The highest BCUT2D eigenvalue weighted by molar-refractivity contribution is 7.17. The monoisotopic (exact) mass is 273 g/mol. The minimum absolute atomic E-state index is 0.222. The van der Waals surface area contributed by atoms with Crippen LogP contribution in [0.1, 0.15) is 50.6 Å². The number of nitrogens with two attached hydrogens (primary N) is 1. The molecule has 0 amide bonds. The van der Waals surface area contributed by atoms with Crippen LogP contribution in [0, 0.1) is 11.8 Å². The number of fused-ring (bicyclic) bond motifs is 1. The van der Waals surface area contributed by atoms with Crippen LogP contribution < -0.4 is 5.73 Å². The number of hydrogen-bond donors (Lipinski definition) is 1. The zero-order valence-electron chi connectivity index (χ0n) is 11.6. The van der Waals surface area contributed by atoms with E-state index in [2.05, 4.69) is 36.6 Å². The van der Waals surface area contributed by atoms with Gasteiger partial charge in [0.15, 0.2) is 0 Å². The molecule has 0 bridgehead atoms. The maximum Gasteiger partial charge on any atom is 0.0390 e. The fourth-order valence-corrected chi connectivity index (χ4v) is 4.45. The molecular weight excluding hydrogens is 250 g/mol. The molecule has 102 valence electrons. The molecule has 19 heavy (non-hydrogen) atoms. The Labute approximate surface area is 119 Å². The molecule has 2 heteroatoms. The van der Waals surface area contributed by atoms with Gasteiger partial charge in [-0.1, -0.05) is 44.4 Å². The van der Waals surface area contributed by atoms with E-state index in [4.69, 9.17) is 5.73 Å². The summed E-state index contributed by atoms with van der Waals surface area (Å²) in [5, 5.41) is 3.52. The third-order valence-corrected chi connectivity index (χ3v) is 5.82. The molecule has 1 aliphatic carbocycles. The number of thiophene rings is 1. The van der Waals surface area contributed by atoms with Crippen molar-refractivity contribution in [3.8, 4) is 0 Å². The van der Waals surface area contributed by atoms with Crippen LogP contribution in [0.25, 0.3) is 10.1 Å². The van der Waals surface area contributed by atoms with Gasteiger partial charge in [-0.15, -0.1) is 11.3 Å². The Hall–Kier alpha value is -0.860. The van der Waals surface area contributed by atoms with Gasteiger partial charge in [-0.05, 0) is 47.1 Å². The van der Waals surface area contributed by atoms with Crippen molar-refractivity contribution in [2.24, 2.45) is 17.6 Å². The fourth-order valence-electron chi connectivity index (χ4n) is 3.49. The minimum atomic E-state index is 0.222. The second kappa shape index (κ2) is 5.64. The van der Waals surface area contributed by atoms with Crippen molar-refractivity contribution in [3.05, 3.63) is 35.2 Å². The van der Waals surface area contributed by atoms with Crippen molar-refractivity contribution < 1.29 is 0 Å². The van der Waals surface area contributed by atoms with E-state index in [1.165, 1.54) is 47.8 Å². The summed E-state index contributed by atoms with van der Waals surface area (Å²) >= 11 is 1.83. The lowest BCUT2D eigenvalue weighted by atomic mass is 9.76. The quantitative estimate of drug-likeness (QED) is 0.825. The summed E-state index contributed by atoms with van der Waals surface area (Å²) in [5.41, 5.74) is 7.96. The van der Waals surface area contributed by atoms with Crippen molar-refractivity contribution in [3.63, 3.8) is 0 Å². The van der Waals surface area contributed by atoms with E-state index in [1.54, 1.807) is 0 Å². The molecule has 2 N–H and O–H groups in total. The predicted octanol–water partition coefficient (Wildman–Crippen LogP) is 5.12. The van der Waals surface area contributed by atoms with Crippen LogP contribution in [0.5, 0.6) is 0 Å². The molecule has 2 aromatic rings. The van der Waals surface area contributed by atoms with Crippen LogP contribution in [0.4, 0.5) is 0 Å². The summed E-state index contributed by atoms with van der Waals surface area (Å²) in [6.07, 6.45) is 6.69. The molecule has 1 aromatic carbocycles. The standard InChI is InChI=1S/C17H23NS/c1-2-12-6-8-13(9-7-12)16(18)15-5-3-4-14-10-11-19-17(14)15/h3-5,10-13,16H,2,6-9,18H2,1H3. The normalized spacial score (nSPS) is 25.6. The molecule has 1 aliphatic rings. The highest BCUT2D eigenvalue weighted by atomic mass is 32.1. The van der Waals surface area contributed by atoms with Crippen molar-refractivity contribution >= 4 is 21.4 Å². The van der Waals surface area contributed by atoms with Crippen molar-refractivity contribution in [2.45, 2.75) is 45.1 Å². The number of benzene rings is 1. The van der Waals surface area contributed by atoms with Crippen LogP contribution in [0.2, 0.25) is 0 Å². The zero-order valence-corrected chi connectivity index (χ0v) is 12.5. The molecule has 1 fully saturated rings. The second-order valence-electron chi connectivity index (χ2n) is 5.90. The molecule has 1 atom stereocenters. The molecular formula is C17H23NS. The fraction of sp³-hybridized carbons (Fsp3) is 0.529. The van der Waals surface area contributed by atoms with Crippen LogP contribution in [0.3, 0.4) is 0 Å². The number of hydrogen-bond acceptors (Lipinski definition) is 2. The maximum absolute atomic E-state index is 6.59. The third-order valence-electron chi connectivity index (χ3n) is 4.85. The van der Waals surface area contributed by atoms with E-state index in [1.807, 2.05) is 11.3 Å². The Kier molecular flexibility index (Phi) is 3.90. The Bertz CT molecular complexity index is 537. The molecule has 0 radical (unpaired) electrons. The molecule has 0 aliphatic heterocycles. The Morgan fingerprint density at radius 1 is 1.21 bits per heavy atom. The molecule has 1 saturated carbocycles. The van der Waals surface area contributed by atoms with Gasteiger partial charge in [0.25, 0.3) is 0 Å². The van der Waals surface area contributed by atoms with Gasteiger partial charge < -0.3 is 5.73 Å². The van der Waals surface area contributed by atoms with Crippen LogP contribution in [-0.2, 0) is 0 Å². The largest absolute Gasteiger partial charge is 0.324 e. The Balaban J connectivity index is 1.80. The highest BCUT2D eigenvalue weighted by Gasteiger charge is 2.26. The first-order valence-electron chi connectivity index (χ1n) is 7.51. The van der Waals surface area contributed by atoms with Gasteiger partial charge in [0.2, 0.25) is 0 Å². The molecule has 3 rings (SSSR count). The topological polar surface area (TPSA) is 26.0 Å². The van der Waals surface area contributed by atoms with E-state index >= 15 is 0 Å². The molecule has 1 aromatic heterocycles. The van der Waals surface area contributed by atoms with Crippen molar-refractivity contribution in [2.75, 3.05) is 0 Å². The lowest BCUT2D eigenvalue weighted by molar-refractivity contribution is 0.240. The lowest BCUT2D eigenvalue weighted by Gasteiger charge is -2.32. The van der Waals surface area contributed by atoms with E-state index in [0.717, 1.165) is 5.92 Å². The van der Waals surface area contributed by atoms with Crippen LogP contribution >= 0.6 is 11.3 Å². The van der Waals surface area contributed by atoms with Gasteiger partial charge in [0, 0.05) is 10.7 Å². The molecule has 1 unspecified atom stereocenters. The van der Waals surface area contributed by atoms with Gasteiger partial charge in [-0.3, -0.25) is 0 Å². The average molecular weight is 273 g/mol. The van der Waals surface area contributed by atoms with E-state index in [-0.39, 0.29) is 6.04 Å². The SMILES string of the molecule is CCC1CCC(C(N)c2cccc3ccsc23)CC1. The van der Waals surface area contributed by atoms with E-state index < -0.39 is 0 Å². The van der Waals surface area contributed by atoms with E-state index in [0.29, 0.717) is 5.92 Å². The van der Waals surface area contributed by atoms with Crippen LogP contribution in [-0.4, -0.2) is 0 Å². The van der Waals surface area contributed by atoms with Crippen molar-refractivity contribution in [1.29, 1.82) is 0 Å². The minimum Gasteiger partial charge on any atom is -0.324 e.